The zero-order valence-corrected chi connectivity index (χ0v) is 37.3. The van der Waals surface area contributed by atoms with E-state index in [4.69, 9.17) is 15.6 Å². The molecule has 0 bridgehead atoms. The third kappa shape index (κ3) is 9.46. The number of likely N-dealkylation sites (tertiary alicyclic amines) is 2. The van der Waals surface area contributed by atoms with E-state index in [1.54, 1.807) is 20.9 Å². The van der Waals surface area contributed by atoms with Gasteiger partial charge in [0.05, 0.1) is 46.2 Å². The highest BCUT2D eigenvalue weighted by Gasteiger charge is 2.45. The first-order valence-corrected chi connectivity index (χ1v) is 22.3. The number of aliphatic hydroxyl groups is 1. The van der Waals surface area contributed by atoms with Crippen molar-refractivity contribution >= 4 is 45.9 Å². The molecule has 6 atom stereocenters. The minimum atomic E-state index is -1.43. The van der Waals surface area contributed by atoms with Crippen LogP contribution < -0.4 is 21.1 Å². The van der Waals surface area contributed by atoms with Crippen molar-refractivity contribution in [3.63, 3.8) is 0 Å². The SMILES string of the molecule is Cc1ncsc1-c1ccc([C@H](C)NC(=O)[C@@H]2C[C@@H](O)CN2C(=O)[C@@H](NC(=O)CN2CC[C@@H](n3nc(-c4ccc(Oc5ccccc5)cc4)c4c(N)ncnc43)[C@H](F)C2)C(C)(C)C)cc1. The number of aromatic nitrogens is 5. The van der Waals surface area contributed by atoms with Crippen molar-refractivity contribution in [2.75, 3.05) is 31.9 Å². The van der Waals surface area contributed by atoms with Crippen LogP contribution in [0.3, 0.4) is 0 Å². The van der Waals surface area contributed by atoms with Gasteiger partial charge in [0.1, 0.15) is 47.6 Å². The molecular formula is C47H53FN10O5S. The van der Waals surface area contributed by atoms with Crippen LogP contribution in [0.15, 0.2) is 90.7 Å². The van der Waals surface area contributed by atoms with Crippen molar-refractivity contribution in [2.24, 2.45) is 5.41 Å². The average Bonchev–Trinajstić information content (AvgIpc) is 4.00. The van der Waals surface area contributed by atoms with Gasteiger partial charge in [0.25, 0.3) is 0 Å². The molecule has 2 aliphatic rings. The van der Waals surface area contributed by atoms with Crippen molar-refractivity contribution in [1.29, 1.82) is 0 Å². The van der Waals surface area contributed by atoms with Crippen LogP contribution in [-0.4, -0.2) is 108 Å². The number of rotatable bonds is 12. The summed E-state index contributed by atoms with van der Waals surface area (Å²) in [6.45, 7) is 9.39. The highest BCUT2D eigenvalue weighted by atomic mass is 32.1. The Bertz CT molecular complexity index is 2620. The van der Waals surface area contributed by atoms with Gasteiger partial charge < -0.3 is 31.1 Å². The van der Waals surface area contributed by atoms with E-state index in [1.165, 1.54) is 11.2 Å². The van der Waals surface area contributed by atoms with E-state index < -0.39 is 53.5 Å². The second-order valence-electron chi connectivity index (χ2n) is 17.7. The van der Waals surface area contributed by atoms with Gasteiger partial charge in [-0.15, -0.1) is 11.3 Å². The number of anilines is 1. The average molecular weight is 889 g/mol. The van der Waals surface area contributed by atoms with Gasteiger partial charge >= 0.3 is 0 Å². The number of aliphatic hydroxyl groups excluding tert-OH is 1. The number of carbonyl (C=O) groups is 3. The number of β-amino-alcohol motifs (C(OH)–C–C–N with tert-alkyl or cyclic N) is 1. The Balaban J connectivity index is 0.904. The standard InChI is InChI=1S/C47H53FN10O5S/c1-27(29-11-13-31(14-12-29)41-28(2)52-26-64-41)53-45(61)37-21-32(59)22-57(37)46(62)42(47(3,4)5)54-38(60)24-56-20-19-36(35(48)23-56)58-44-39(43(49)50-25-51-44)40(55-58)30-15-17-34(18-16-30)63-33-9-7-6-8-10-33/h6-18,25-27,32,35-37,42,59H,19-24H2,1-5H3,(H,53,61)(H,54,60)(H2,49,50,51)/t27-,32+,35+,36+,37-,42+/m0/s1. The fourth-order valence-corrected chi connectivity index (χ4v) is 9.35. The van der Waals surface area contributed by atoms with Crippen LogP contribution in [0.1, 0.15) is 63.9 Å². The minimum Gasteiger partial charge on any atom is -0.457 e. The molecule has 0 saturated carbocycles. The number of nitrogen functional groups attached to an aromatic ring is 1. The number of hydrogen-bond donors (Lipinski definition) is 4. The maximum atomic E-state index is 16.3. The Hall–Kier alpha value is -6.30. The molecule has 3 aromatic heterocycles. The monoisotopic (exact) mass is 888 g/mol. The highest BCUT2D eigenvalue weighted by Crippen LogP contribution is 2.36. The Morgan fingerprint density at radius 1 is 0.953 bits per heavy atom. The number of fused-ring (bicyclic) bond motifs is 1. The fraction of sp³-hybridized carbons (Fsp3) is 0.383. The largest absolute Gasteiger partial charge is 0.457 e. The smallest absolute Gasteiger partial charge is 0.246 e. The van der Waals surface area contributed by atoms with Crippen molar-refractivity contribution in [3.8, 4) is 33.2 Å². The zero-order chi connectivity index (χ0) is 45.3. The van der Waals surface area contributed by atoms with Crippen LogP contribution >= 0.6 is 11.3 Å². The number of benzene rings is 3. The molecule has 0 radical (unpaired) electrons. The lowest BCUT2D eigenvalue weighted by Gasteiger charge is -2.37. The molecule has 0 unspecified atom stereocenters. The van der Waals surface area contributed by atoms with E-state index in [0.29, 0.717) is 41.2 Å². The number of carbonyl (C=O) groups excluding carboxylic acids is 3. The first kappa shape index (κ1) is 44.3. The number of para-hydroxylation sites is 1. The van der Waals surface area contributed by atoms with Gasteiger partial charge in [-0.3, -0.25) is 19.3 Å². The molecule has 3 aromatic carbocycles. The van der Waals surface area contributed by atoms with Crippen LogP contribution in [0.25, 0.3) is 32.7 Å². The molecule has 3 amide bonds. The summed E-state index contributed by atoms with van der Waals surface area (Å²) in [5.41, 5.74) is 11.9. The Kier molecular flexibility index (Phi) is 12.8. The molecule has 0 aliphatic carbocycles. The number of hydrogen-bond acceptors (Lipinski definition) is 12. The molecule has 8 rings (SSSR count). The van der Waals surface area contributed by atoms with Crippen LogP contribution in [0, 0.1) is 12.3 Å². The lowest BCUT2D eigenvalue weighted by molar-refractivity contribution is -0.144. The van der Waals surface area contributed by atoms with Gasteiger partial charge in [-0.25, -0.2) is 24.0 Å². The second kappa shape index (κ2) is 18.4. The van der Waals surface area contributed by atoms with Gasteiger partial charge in [0.15, 0.2) is 5.65 Å². The summed E-state index contributed by atoms with van der Waals surface area (Å²) in [4.78, 5) is 58.9. The molecule has 2 saturated heterocycles. The summed E-state index contributed by atoms with van der Waals surface area (Å²) in [5, 5.41) is 22.0. The molecule has 17 heteroatoms. The van der Waals surface area contributed by atoms with E-state index in [9.17, 15) is 19.5 Å². The van der Waals surface area contributed by atoms with Gasteiger partial charge in [-0.05, 0) is 73.2 Å². The molecule has 0 spiro atoms. The van der Waals surface area contributed by atoms with E-state index in [2.05, 4.69) is 25.6 Å². The van der Waals surface area contributed by atoms with Gasteiger partial charge in [0.2, 0.25) is 17.7 Å². The predicted octanol–water partition coefficient (Wildman–Crippen LogP) is 6.25. The maximum Gasteiger partial charge on any atom is 0.246 e. The predicted molar refractivity (Wildman–Crippen MR) is 243 cm³/mol. The van der Waals surface area contributed by atoms with Crippen LogP contribution in [0.5, 0.6) is 11.5 Å². The number of amides is 3. The second-order valence-corrected chi connectivity index (χ2v) is 18.5. The maximum absolute atomic E-state index is 16.3. The third-order valence-electron chi connectivity index (χ3n) is 12.0. The van der Waals surface area contributed by atoms with Crippen molar-refractivity contribution in [3.05, 3.63) is 102 Å². The summed E-state index contributed by atoms with van der Waals surface area (Å²) in [5.74, 6) is 0.225. The fourth-order valence-electron chi connectivity index (χ4n) is 8.53. The van der Waals surface area contributed by atoms with Crippen LogP contribution in [0.2, 0.25) is 0 Å². The molecule has 334 valence electrons. The van der Waals surface area contributed by atoms with E-state index >= 15 is 4.39 Å². The normalized spacial score (nSPS) is 20.2. The number of nitrogens with zero attached hydrogens (tertiary/aromatic N) is 7. The molecule has 2 aliphatic heterocycles. The number of halogens is 1. The number of alkyl halides is 1. The number of aryl methyl sites for hydroxylation is 1. The van der Waals surface area contributed by atoms with Gasteiger partial charge in [-0.2, -0.15) is 5.10 Å². The topological polar surface area (TPSA) is 194 Å². The van der Waals surface area contributed by atoms with Gasteiger partial charge in [-0.1, -0.05) is 63.2 Å². The number of nitrogens with one attached hydrogen (secondary N) is 2. The number of thiazole rings is 1. The molecule has 5 heterocycles. The molecule has 64 heavy (non-hydrogen) atoms. The van der Waals surface area contributed by atoms with Crippen molar-refractivity contribution in [1.82, 2.24) is 45.2 Å². The summed E-state index contributed by atoms with van der Waals surface area (Å²) >= 11 is 1.57. The van der Waals surface area contributed by atoms with E-state index in [0.717, 1.165) is 27.3 Å². The first-order valence-electron chi connectivity index (χ1n) is 21.4. The molecule has 6 aromatic rings. The van der Waals surface area contributed by atoms with E-state index in [-0.39, 0.29) is 37.9 Å². The molecule has 15 nitrogen and oxygen atoms in total. The molecule has 2 fully saturated rings. The minimum absolute atomic E-state index is 0.0535. The summed E-state index contributed by atoms with van der Waals surface area (Å²) < 4.78 is 23.8. The number of nitrogens with two attached hydrogens (primary N) is 1. The summed E-state index contributed by atoms with van der Waals surface area (Å²) in [6.07, 6.45) is -0.630. The highest BCUT2D eigenvalue weighted by molar-refractivity contribution is 7.13. The first-order chi connectivity index (χ1) is 30.6. The Labute approximate surface area is 374 Å². The Morgan fingerprint density at radius 2 is 1.66 bits per heavy atom. The quantitative estimate of drug-likeness (QED) is 0.109. The van der Waals surface area contributed by atoms with Gasteiger partial charge in [0, 0.05) is 31.6 Å². The number of ether oxygens (including phenoxy) is 1. The van der Waals surface area contributed by atoms with E-state index in [1.807, 2.05) is 119 Å². The molecule has 5 N–H and O–H groups in total. The summed E-state index contributed by atoms with van der Waals surface area (Å²) in [7, 11) is 0. The lowest BCUT2D eigenvalue weighted by atomic mass is 9.85. The lowest BCUT2D eigenvalue weighted by Crippen LogP contribution is -2.59. The van der Waals surface area contributed by atoms with Crippen molar-refractivity contribution < 1.29 is 28.6 Å². The van der Waals surface area contributed by atoms with Crippen molar-refractivity contribution in [2.45, 2.75) is 83.9 Å². The summed E-state index contributed by atoms with van der Waals surface area (Å²) in [6, 6.07) is 21.6. The number of piperidine rings is 1. The molecular weight excluding hydrogens is 836 g/mol. The Morgan fingerprint density at radius 3 is 2.33 bits per heavy atom. The van der Waals surface area contributed by atoms with Crippen LogP contribution in [0.4, 0.5) is 10.2 Å². The third-order valence-corrected chi connectivity index (χ3v) is 12.9. The van der Waals surface area contributed by atoms with Crippen LogP contribution in [-0.2, 0) is 14.4 Å². The zero-order valence-electron chi connectivity index (χ0n) is 36.4.